The van der Waals surface area contributed by atoms with Gasteiger partial charge in [0.15, 0.2) is 0 Å². The van der Waals surface area contributed by atoms with Crippen LogP contribution in [0.5, 0.6) is 0 Å². The van der Waals surface area contributed by atoms with E-state index in [0.717, 1.165) is 30.9 Å². The van der Waals surface area contributed by atoms with Crippen LogP contribution in [-0.4, -0.2) is 19.5 Å². The average molecular weight is 232 g/mol. The number of benzene rings is 1. The molecule has 92 valence electrons. The highest BCUT2D eigenvalue weighted by molar-refractivity contribution is 5.81. The zero-order chi connectivity index (χ0) is 12.1. The van der Waals surface area contributed by atoms with Gasteiger partial charge in [-0.25, -0.2) is 0 Å². The fraction of sp³-hybridized carbons (Fsp3) is 0.500. The van der Waals surface area contributed by atoms with E-state index in [1.165, 1.54) is 31.2 Å². The number of nitrogens with zero attached hydrogens (tertiary/aromatic N) is 1. The van der Waals surface area contributed by atoms with Crippen LogP contribution < -0.4 is 10.2 Å². The van der Waals surface area contributed by atoms with Crippen LogP contribution >= 0.6 is 0 Å². The second kappa shape index (κ2) is 5.71. The molecule has 1 heterocycles. The number of anilines is 2. The second-order valence-electron chi connectivity index (χ2n) is 4.68. The lowest BCUT2D eigenvalue weighted by atomic mass is 10.1. The lowest BCUT2D eigenvalue weighted by Crippen LogP contribution is -2.24. The molecule has 1 amide bonds. The van der Waals surface area contributed by atoms with Crippen molar-refractivity contribution in [3.8, 4) is 0 Å². The number of rotatable bonds is 3. The molecule has 1 saturated heterocycles. The van der Waals surface area contributed by atoms with Crippen molar-refractivity contribution < 1.29 is 4.79 Å². The third-order valence-corrected chi connectivity index (χ3v) is 3.31. The monoisotopic (exact) mass is 232 g/mol. The van der Waals surface area contributed by atoms with Crippen molar-refractivity contribution in [1.82, 2.24) is 0 Å². The van der Waals surface area contributed by atoms with Gasteiger partial charge in [0.25, 0.3) is 0 Å². The molecule has 0 aromatic heterocycles. The van der Waals surface area contributed by atoms with Crippen molar-refractivity contribution in [3.05, 3.63) is 23.8 Å². The summed E-state index contributed by atoms with van der Waals surface area (Å²) in [7, 11) is 0. The number of carbonyl (C=O) groups is 1. The summed E-state index contributed by atoms with van der Waals surface area (Å²) in [5.74, 6) is 0. The SMILES string of the molecule is Cc1ccc(N2CCCCCC2)c(NC=O)c1. The van der Waals surface area contributed by atoms with E-state index >= 15 is 0 Å². The standard InChI is InChI=1S/C14H20N2O/c1-12-6-7-14(13(10-12)15-11-17)16-8-4-2-3-5-9-16/h6-7,10-11H,2-5,8-9H2,1H3,(H,15,17). The van der Waals surface area contributed by atoms with Gasteiger partial charge in [0.2, 0.25) is 6.41 Å². The number of amides is 1. The van der Waals surface area contributed by atoms with Crippen molar-refractivity contribution >= 4 is 17.8 Å². The van der Waals surface area contributed by atoms with E-state index in [0.29, 0.717) is 0 Å². The first-order valence-electron chi connectivity index (χ1n) is 6.37. The normalized spacial score (nSPS) is 16.4. The zero-order valence-corrected chi connectivity index (χ0v) is 10.4. The van der Waals surface area contributed by atoms with Gasteiger partial charge in [-0.2, -0.15) is 0 Å². The molecule has 1 aliphatic heterocycles. The Hall–Kier alpha value is -1.51. The Labute approximate surface area is 103 Å². The minimum atomic E-state index is 0.760. The Morgan fingerprint density at radius 3 is 2.53 bits per heavy atom. The van der Waals surface area contributed by atoms with Crippen molar-refractivity contribution in [2.24, 2.45) is 0 Å². The number of hydrogen-bond acceptors (Lipinski definition) is 2. The molecule has 2 rings (SSSR count). The molecule has 3 nitrogen and oxygen atoms in total. The van der Waals surface area contributed by atoms with E-state index in [1.807, 2.05) is 13.0 Å². The van der Waals surface area contributed by atoms with Gasteiger partial charge in [0.1, 0.15) is 0 Å². The fourth-order valence-corrected chi connectivity index (χ4v) is 2.42. The number of carbonyl (C=O) groups excluding carboxylic acids is 1. The quantitative estimate of drug-likeness (QED) is 0.813. The van der Waals surface area contributed by atoms with Crippen molar-refractivity contribution in [2.75, 3.05) is 23.3 Å². The lowest BCUT2D eigenvalue weighted by Gasteiger charge is -2.25. The third-order valence-electron chi connectivity index (χ3n) is 3.31. The van der Waals surface area contributed by atoms with Crippen LogP contribution in [0.3, 0.4) is 0 Å². The Morgan fingerprint density at radius 1 is 1.18 bits per heavy atom. The molecule has 1 aliphatic rings. The average Bonchev–Trinajstić information content (AvgIpc) is 2.58. The molecule has 1 aromatic rings. The summed E-state index contributed by atoms with van der Waals surface area (Å²) in [5, 5.41) is 2.81. The zero-order valence-electron chi connectivity index (χ0n) is 10.4. The van der Waals surface area contributed by atoms with Gasteiger partial charge >= 0.3 is 0 Å². The molecule has 17 heavy (non-hydrogen) atoms. The maximum Gasteiger partial charge on any atom is 0.211 e. The maximum absolute atomic E-state index is 10.7. The Balaban J connectivity index is 2.25. The first kappa shape index (κ1) is 12.0. The topological polar surface area (TPSA) is 32.3 Å². The highest BCUT2D eigenvalue weighted by Crippen LogP contribution is 2.28. The molecule has 3 heteroatoms. The lowest BCUT2D eigenvalue weighted by molar-refractivity contribution is -0.105. The predicted octanol–water partition coefficient (Wildman–Crippen LogP) is 2.94. The summed E-state index contributed by atoms with van der Waals surface area (Å²) in [5.41, 5.74) is 3.26. The molecule has 0 aliphatic carbocycles. The van der Waals surface area contributed by atoms with Gasteiger partial charge in [0, 0.05) is 13.1 Å². The Morgan fingerprint density at radius 2 is 1.88 bits per heavy atom. The van der Waals surface area contributed by atoms with Crippen LogP contribution in [0.25, 0.3) is 0 Å². The minimum absolute atomic E-state index is 0.760. The van der Waals surface area contributed by atoms with E-state index in [9.17, 15) is 4.79 Å². The highest BCUT2D eigenvalue weighted by atomic mass is 16.1. The van der Waals surface area contributed by atoms with E-state index < -0.39 is 0 Å². The highest BCUT2D eigenvalue weighted by Gasteiger charge is 2.13. The van der Waals surface area contributed by atoms with Crippen LogP contribution in [0, 0.1) is 6.92 Å². The van der Waals surface area contributed by atoms with Crippen LogP contribution in [0.2, 0.25) is 0 Å². The first-order valence-corrected chi connectivity index (χ1v) is 6.37. The summed E-state index contributed by atoms with van der Waals surface area (Å²) < 4.78 is 0. The van der Waals surface area contributed by atoms with Gasteiger partial charge in [-0.05, 0) is 37.5 Å². The van der Waals surface area contributed by atoms with Crippen molar-refractivity contribution in [1.29, 1.82) is 0 Å². The second-order valence-corrected chi connectivity index (χ2v) is 4.68. The summed E-state index contributed by atoms with van der Waals surface area (Å²) >= 11 is 0. The number of aryl methyl sites for hydroxylation is 1. The largest absolute Gasteiger partial charge is 0.370 e. The predicted molar refractivity (Wildman–Crippen MR) is 71.5 cm³/mol. The fourth-order valence-electron chi connectivity index (χ4n) is 2.42. The third kappa shape index (κ3) is 2.99. The Kier molecular flexibility index (Phi) is 4.02. The molecule has 0 spiro atoms. The van der Waals surface area contributed by atoms with E-state index in [2.05, 4.69) is 22.3 Å². The molecule has 1 fully saturated rings. The van der Waals surface area contributed by atoms with Crippen molar-refractivity contribution in [3.63, 3.8) is 0 Å². The van der Waals surface area contributed by atoms with E-state index in [4.69, 9.17) is 0 Å². The molecular formula is C14H20N2O. The summed E-state index contributed by atoms with van der Waals surface area (Å²) in [6.45, 7) is 4.23. The van der Waals surface area contributed by atoms with Crippen LogP contribution in [0.1, 0.15) is 31.2 Å². The van der Waals surface area contributed by atoms with Crippen molar-refractivity contribution in [2.45, 2.75) is 32.6 Å². The molecule has 1 N–H and O–H groups in total. The van der Waals surface area contributed by atoms with Gasteiger partial charge in [-0.1, -0.05) is 18.9 Å². The smallest absolute Gasteiger partial charge is 0.211 e. The molecule has 0 unspecified atom stereocenters. The molecule has 1 aromatic carbocycles. The molecule has 0 radical (unpaired) electrons. The molecule has 0 saturated carbocycles. The van der Waals surface area contributed by atoms with Gasteiger partial charge in [0.05, 0.1) is 11.4 Å². The Bertz CT molecular complexity index is 382. The number of hydrogen-bond donors (Lipinski definition) is 1. The first-order chi connectivity index (χ1) is 8.31. The van der Waals surface area contributed by atoms with Crippen LogP contribution in [-0.2, 0) is 4.79 Å². The van der Waals surface area contributed by atoms with Gasteiger partial charge < -0.3 is 10.2 Å². The maximum atomic E-state index is 10.7. The van der Waals surface area contributed by atoms with Crippen LogP contribution in [0.4, 0.5) is 11.4 Å². The summed E-state index contributed by atoms with van der Waals surface area (Å²) in [6.07, 6.45) is 5.89. The molecular weight excluding hydrogens is 212 g/mol. The minimum Gasteiger partial charge on any atom is -0.370 e. The molecule has 0 atom stereocenters. The number of nitrogens with one attached hydrogen (secondary N) is 1. The van der Waals surface area contributed by atoms with E-state index in [-0.39, 0.29) is 0 Å². The van der Waals surface area contributed by atoms with Crippen LogP contribution in [0.15, 0.2) is 18.2 Å². The van der Waals surface area contributed by atoms with E-state index in [1.54, 1.807) is 0 Å². The van der Waals surface area contributed by atoms with Gasteiger partial charge in [-0.3, -0.25) is 4.79 Å². The summed E-state index contributed by atoms with van der Waals surface area (Å²) in [6, 6.07) is 6.26. The summed E-state index contributed by atoms with van der Waals surface area (Å²) in [4.78, 5) is 13.0. The molecule has 0 bridgehead atoms. The van der Waals surface area contributed by atoms with Gasteiger partial charge in [-0.15, -0.1) is 0 Å².